The van der Waals surface area contributed by atoms with Crippen molar-refractivity contribution >= 4 is 6.08 Å². The van der Waals surface area contributed by atoms with Crippen LogP contribution in [0.4, 0.5) is 0 Å². The molecule has 0 heteroatoms. The summed E-state index contributed by atoms with van der Waals surface area (Å²) < 4.78 is 0. The number of benzene rings is 1. The molecule has 0 fully saturated rings. The highest BCUT2D eigenvalue weighted by atomic mass is 14.0. The maximum atomic E-state index is 2.30. The van der Waals surface area contributed by atoms with Gasteiger partial charge in [0, 0.05) is 0 Å². The van der Waals surface area contributed by atoms with Crippen LogP contribution in [0.1, 0.15) is 44.7 Å². The Bertz CT molecular complexity index is 308. The molecule has 0 saturated heterocycles. The van der Waals surface area contributed by atoms with Crippen molar-refractivity contribution in [2.45, 2.75) is 40.0 Å². The van der Waals surface area contributed by atoms with Gasteiger partial charge in [0.2, 0.25) is 0 Å². The smallest absolute Gasteiger partial charge is 0.0228 e. The molecule has 1 aromatic rings. The molecule has 0 aliphatic carbocycles. The van der Waals surface area contributed by atoms with Crippen molar-refractivity contribution in [1.82, 2.24) is 0 Å². The number of allylic oxidation sites excluding steroid dienone is 1. The van der Waals surface area contributed by atoms with Gasteiger partial charge in [-0.1, -0.05) is 57.2 Å². The van der Waals surface area contributed by atoms with Crippen LogP contribution < -0.4 is 0 Å². The molecule has 0 radical (unpaired) electrons. The van der Waals surface area contributed by atoms with Crippen LogP contribution in [0, 0.1) is 5.92 Å². The van der Waals surface area contributed by atoms with Gasteiger partial charge in [-0.2, -0.15) is 0 Å². The molecule has 0 unspecified atom stereocenters. The molecule has 0 spiro atoms. The first kappa shape index (κ1) is 12.0. The van der Waals surface area contributed by atoms with Gasteiger partial charge in [0.25, 0.3) is 0 Å². The van der Waals surface area contributed by atoms with Crippen molar-refractivity contribution in [2.24, 2.45) is 5.92 Å². The molecule has 1 aromatic carbocycles. The molecule has 1 rings (SSSR count). The molecule has 15 heavy (non-hydrogen) atoms. The van der Waals surface area contributed by atoms with E-state index >= 15 is 0 Å². The third kappa shape index (κ3) is 4.33. The molecule has 0 bridgehead atoms. The van der Waals surface area contributed by atoms with Gasteiger partial charge in [-0.3, -0.25) is 0 Å². The van der Waals surface area contributed by atoms with Crippen molar-refractivity contribution in [1.29, 1.82) is 0 Å². The Balaban J connectivity index is 2.55. The fourth-order valence-corrected chi connectivity index (χ4v) is 1.66. The van der Waals surface area contributed by atoms with Crippen LogP contribution in [0.5, 0.6) is 0 Å². The molecule has 0 aliphatic rings. The van der Waals surface area contributed by atoms with Gasteiger partial charge in [-0.05, 0) is 36.3 Å². The summed E-state index contributed by atoms with van der Waals surface area (Å²) in [7, 11) is 0. The van der Waals surface area contributed by atoms with Gasteiger partial charge in [0.1, 0.15) is 0 Å². The van der Waals surface area contributed by atoms with E-state index in [2.05, 4.69) is 57.2 Å². The van der Waals surface area contributed by atoms with E-state index < -0.39 is 0 Å². The summed E-state index contributed by atoms with van der Waals surface area (Å²) in [5.74, 6) is 0.802. The molecule has 0 aliphatic heterocycles. The monoisotopic (exact) mass is 202 g/mol. The van der Waals surface area contributed by atoms with Gasteiger partial charge >= 0.3 is 0 Å². The second kappa shape index (κ2) is 6.44. The van der Waals surface area contributed by atoms with E-state index in [0.29, 0.717) is 0 Å². The third-order valence-corrected chi connectivity index (χ3v) is 2.64. The van der Waals surface area contributed by atoms with Crippen LogP contribution >= 0.6 is 0 Å². The molecule has 0 nitrogen and oxygen atoms in total. The van der Waals surface area contributed by atoms with Crippen molar-refractivity contribution in [3.05, 3.63) is 41.5 Å². The normalized spacial score (nSPS) is 11.5. The molecular formula is C15H22. The minimum absolute atomic E-state index is 0.802. The van der Waals surface area contributed by atoms with Gasteiger partial charge in [0.15, 0.2) is 0 Å². The number of hydrogen-bond donors (Lipinski definition) is 0. The van der Waals surface area contributed by atoms with Crippen LogP contribution in [-0.2, 0) is 6.42 Å². The van der Waals surface area contributed by atoms with Crippen LogP contribution in [0.25, 0.3) is 6.08 Å². The van der Waals surface area contributed by atoms with Crippen molar-refractivity contribution < 1.29 is 0 Å². The Morgan fingerprint density at radius 1 is 1.20 bits per heavy atom. The summed E-state index contributed by atoms with van der Waals surface area (Å²) in [5, 5.41) is 0. The predicted molar refractivity (Wildman–Crippen MR) is 68.9 cm³/mol. The van der Waals surface area contributed by atoms with Gasteiger partial charge < -0.3 is 0 Å². The van der Waals surface area contributed by atoms with Crippen molar-refractivity contribution in [3.8, 4) is 0 Å². The molecule has 0 atom stereocenters. The minimum Gasteiger partial charge on any atom is -0.0839 e. The van der Waals surface area contributed by atoms with Gasteiger partial charge in [-0.25, -0.2) is 0 Å². The highest BCUT2D eigenvalue weighted by Gasteiger charge is 1.94. The molecule has 0 amide bonds. The zero-order chi connectivity index (χ0) is 11.1. The van der Waals surface area contributed by atoms with Crippen LogP contribution in [0.2, 0.25) is 0 Å². The molecule has 0 N–H and O–H groups in total. The van der Waals surface area contributed by atoms with Gasteiger partial charge in [-0.15, -0.1) is 0 Å². The molecule has 82 valence electrons. The number of rotatable bonds is 5. The maximum Gasteiger partial charge on any atom is -0.0228 e. The Hall–Kier alpha value is -1.04. The topological polar surface area (TPSA) is 0 Å². The Labute approximate surface area is 94.0 Å². The average Bonchev–Trinajstić information content (AvgIpc) is 2.24. The van der Waals surface area contributed by atoms with Crippen LogP contribution in [-0.4, -0.2) is 0 Å². The van der Waals surface area contributed by atoms with E-state index in [1.165, 1.54) is 24.0 Å². The summed E-state index contributed by atoms with van der Waals surface area (Å²) in [6, 6.07) is 8.64. The van der Waals surface area contributed by atoms with E-state index in [1.54, 1.807) is 0 Å². The van der Waals surface area contributed by atoms with E-state index in [9.17, 15) is 0 Å². The van der Waals surface area contributed by atoms with Crippen molar-refractivity contribution in [3.63, 3.8) is 0 Å². The van der Waals surface area contributed by atoms with Crippen LogP contribution in [0.3, 0.4) is 0 Å². The highest BCUT2D eigenvalue weighted by molar-refractivity contribution is 5.53. The zero-order valence-electron chi connectivity index (χ0n) is 10.2. The average molecular weight is 202 g/mol. The first-order valence-electron chi connectivity index (χ1n) is 5.98. The molecular weight excluding hydrogens is 180 g/mol. The fraction of sp³-hybridized carbons (Fsp3) is 0.467. The fourth-order valence-electron chi connectivity index (χ4n) is 1.66. The standard InChI is InChI=1S/C15H22/c1-4-14-10-7-8-12-15(14)11-6-5-9-13(2)3/h6-8,10-13H,4-5,9H2,1-3H3/b11-6+. The Morgan fingerprint density at radius 3 is 2.60 bits per heavy atom. The first-order valence-corrected chi connectivity index (χ1v) is 5.98. The van der Waals surface area contributed by atoms with Crippen molar-refractivity contribution in [2.75, 3.05) is 0 Å². The lowest BCUT2D eigenvalue weighted by molar-refractivity contribution is 0.595. The summed E-state index contributed by atoms with van der Waals surface area (Å²) in [5.41, 5.74) is 2.82. The second-order valence-corrected chi connectivity index (χ2v) is 4.43. The largest absolute Gasteiger partial charge is 0.0839 e. The highest BCUT2D eigenvalue weighted by Crippen LogP contribution is 2.12. The summed E-state index contributed by atoms with van der Waals surface area (Å²) in [6.45, 7) is 6.75. The zero-order valence-corrected chi connectivity index (χ0v) is 10.2. The summed E-state index contributed by atoms with van der Waals surface area (Å²) >= 11 is 0. The third-order valence-electron chi connectivity index (χ3n) is 2.64. The Kier molecular flexibility index (Phi) is 5.17. The quantitative estimate of drug-likeness (QED) is 0.649. The number of aryl methyl sites for hydroxylation is 1. The van der Waals surface area contributed by atoms with E-state index in [-0.39, 0.29) is 0 Å². The number of hydrogen-bond acceptors (Lipinski definition) is 0. The molecule has 0 aromatic heterocycles. The predicted octanol–water partition coefficient (Wildman–Crippen LogP) is 4.70. The Morgan fingerprint density at radius 2 is 1.93 bits per heavy atom. The second-order valence-electron chi connectivity index (χ2n) is 4.43. The first-order chi connectivity index (χ1) is 7.24. The van der Waals surface area contributed by atoms with E-state index in [1.807, 2.05) is 0 Å². The van der Waals surface area contributed by atoms with E-state index in [4.69, 9.17) is 0 Å². The molecule has 0 saturated carbocycles. The summed E-state index contributed by atoms with van der Waals surface area (Å²) in [4.78, 5) is 0. The lowest BCUT2D eigenvalue weighted by atomic mass is 10.0. The van der Waals surface area contributed by atoms with Crippen LogP contribution in [0.15, 0.2) is 30.3 Å². The maximum absolute atomic E-state index is 2.30. The lowest BCUT2D eigenvalue weighted by Crippen LogP contribution is -1.86. The minimum atomic E-state index is 0.802. The SMILES string of the molecule is CCc1ccccc1/C=C/CCC(C)C. The summed E-state index contributed by atoms with van der Waals surface area (Å²) in [6.07, 6.45) is 8.15. The molecule has 0 heterocycles. The van der Waals surface area contributed by atoms with Gasteiger partial charge in [0.05, 0.1) is 0 Å². The lowest BCUT2D eigenvalue weighted by Gasteiger charge is -2.02. The van der Waals surface area contributed by atoms with E-state index in [0.717, 1.165) is 12.3 Å².